The molecule has 0 fully saturated rings. The zero-order valence-corrected chi connectivity index (χ0v) is 15.4. The van der Waals surface area contributed by atoms with Crippen LogP contribution < -0.4 is 10.6 Å². The molecule has 0 spiro atoms. The predicted molar refractivity (Wildman–Crippen MR) is 99.7 cm³/mol. The second-order valence-electron chi connectivity index (χ2n) is 6.93. The van der Waals surface area contributed by atoms with Crippen LogP contribution in [0.5, 0.6) is 0 Å². The molecular formula is C21H21F3N2O2. The Kier molecular flexibility index (Phi) is 5.72. The van der Waals surface area contributed by atoms with Gasteiger partial charge in [-0.05, 0) is 61.4 Å². The normalized spacial score (nSPS) is 14.7. The maximum atomic E-state index is 13.0. The molecule has 2 amide bonds. The monoisotopic (exact) mass is 390 g/mol. The molecule has 1 aliphatic carbocycles. The van der Waals surface area contributed by atoms with Crippen LogP contribution in [0.15, 0.2) is 42.5 Å². The van der Waals surface area contributed by atoms with E-state index in [-0.39, 0.29) is 0 Å². The van der Waals surface area contributed by atoms with E-state index in [9.17, 15) is 22.8 Å². The van der Waals surface area contributed by atoms with Crippen LogP contribution in [0.25, 0.3) is 0 Å². The van der Waals surface area contributed by atoms with Gasteiger partial charge < -0.3 is 10.6 Å². The van der Waals surface area contributed by atoms with E-state index in [0.717, 1.165) is 43.4 Å². The molecule has 28 heavy (non-hydrogen) atoms. The highest BCUT2D eigenvalue weighted by Gasteiger charge is 2.34. The number of para-hydroxylation sites is 1. The third-order valence-electron chi connectivity index (χ3n) is 4.91. The molecule has 1 unspecified atom stereocenters. The number of nitrogens with one attached hydrogen (secondary N) is 2. The summed E-state index contributed by atoms with van der Waals surface area (Å²) in [4.78, 5) is 24.3. The molecule has 2 aromatic carbocycles. The number of alkyl halides is 3. The molecule has 0 saturated heterocycles. The molecule has 1 aliphatic rings. The van der Waals surface area contributed by atoms with Crippen LogP contribution in [0.2, 0.25) is 0 Å². The van der Waals surface area contributed by atoms with E-state index >= 15 is 0 Å². The molecule has 0 saturated carbocycles. The summed E-state index contributed by atoms with van der Waals surface area (Å²) in [5.41, 5.74) is 1.95. The van der Waals surface area contributed by atoms with Crippen molar-refractivity contribution in [2.45, 2.75) is 44.8 Å². The summed E-state index contributed by atoms with van der Waals surface area (Å²) in [7, 11) is 0. The Balaban J connectivity index is 1.67. The third kappa shape index (κ3) is 4.52. The van der Waals surface area contributed by atoms with Crippen molar-refractivity contribution >= 4 is 17.5 Å². The lowest BCUT2D eigenvalue weighted by molar-refractivity contribution is -0.138. The Morgan fingerprint density at radius 2 is 1.64 bits per heavy atom. The molecule has 3 rings (SSSR count). The van der Waals surface area contributed by atoms with Crippen LogP contribution >= 0.6 is 0 Å². The maximum Gasteiger partial charge on any atom is 0.418 e. The summed E-state index contributed by atoms with van der Waals surface area (Å²) in [6.45, 7) is 1.74. The van der Waals surface area contributed by atoms with Gasteiger partial charge in [0, 0.05) is 0 Å². The van der Waals surface area contributed by atoms with Crippen molar-refractivity contribution in [3.8, 4) is 0 Å². The lowest BCUT2D eigenvalue weighted by Gasteiger charge is -2.20. The molecule has 148 valence electrons. The van der Waals surface area contributed by atoms with E-state index in [4.69, 9.17) is 0 Å². The second kappa shape index (κ2) is 8.04. The number of halogens is 3. The van der Waals surface area contributed by atoms with E-state index in [1.807, 2.05) is 18.2 Å². The summed E-state index contributed by atoms with van der Waals surface area (Å²) in [6, 6.07) is 10.1. The van der Waals surface area contributed by atoms with Gasteiger partial charge in [0.25, 0.3) is 0 Å². The first-order chi connectivity index (χ1) is 13.3. The van der Waals surface area contributed by atoms with Crippen molar-refractivity contribution in [3.05, 3.63) is 64.7 Å². The minimum absolute atomic E-state index is 0.441. The van der Waals surface area contributed by atoms with Crippen molar-refractivity contribution in [3.63, 3.8) is 0 Å². The summed E-state index contributed by atoms with van der Waals surface area (Å²) < 4.78 is 39.1. The fraction of sp³-hybridized carbons (Fsp3) is 0.333. The molecule has 0 radical (unpaired) electrons. The minimum atomic E-state index is -4.63. The molecule has 7 heteroatoms. The molecule has 0 aromatic heterocycles. The van der Waals surface area contributed by atoms with Crippen LogP contribution in [-0.2, 0) is 28.6 Å². The van der Waals surface area contributed by atoms with Crippen LogP contribution in [0.1, 0.15) is 48.1 Å². The topological polar surface area (TPSA) is 58.2 Å². The number of carbonyl (C=O) groups excluding carboxylic acids is 2. The van der Waals surface area contributed by atoms with Crippen molar-refractivity contribution < 1.29 is 22.8 Å². The third-order valence-corrected chi connectivity index (χ3v) is 4.91. The Morgan fingerprint density at radius 1 is 0.964 bits per heavy atom. The fourth-order valence-electron chi connectivity index (χ4n) is 3.39. The number of amides is 2. The minimum Gasteiger partial charge on any atom is -0.341 e. The molecule has 0 bridgehead atoms. The maximum absolute atomic E-state index is 13.0. The van der Waals surface area contributed by atoms with Crippen molar-refractivity contribution in [2.75, 3.05) is 5.32 Å². The van der Waals surface area contributed by atoms with Crippen molar-refractivity contribution in [1.29, 1.82) is 0 Å². The van der Waals surface area contributed by atoms with Gasteiger partial charge in [0.05, 0.1) is 17.3 Å². The first-order valence-corrected chi connectivity index (χ1v) is 9.15. The van der Waals surface area contributed by atoms with Crippen LogP contribution in [0.3, 0.4) is 0 Å². The Bertz CT molecular complexity index is 893. The van der Waals surface area contributed by atoms with Crippen molar-refractivity contribution in [1.82, 2.24) is 5.32 Å². The highest BCUT2D eigenvalue weighted by molar-refractivity contribution is 6.39. The van der Waals surface area contributed by atoms with Gasteiger partial charge in [0.1, 0.15) is 0 Å². The predicted octanol–water partition coefficient (Wildman–Crippen LogP) is 4.40. The number of hydrogen-bond donors (Lipinski definition) is 2. The quantitative estimate of drug-likeness (QED) is 0.764. The van der Waals surface area contributed by atoms with Gasteiger partial charge in [-0.3, -0.25) is 9.59 Å². The largest absolute Gasteiger partial charge is 0.418 e. The highest BCUT2D eigenvalue weighted by atomic mass is 19.4. The zero-order valence-electron chi connectivity index (χ0n) is 15.4. The molecule has 4 nitrogen and oxygen atoms in total. The number of carbonyl (C=O) groups is 2. The Labute approximate surface area is 161 Å². The van der Waals surface area contributed by atoms with Gasteiger partial charge in [-0.1, -0.05) is 30.3 Å². The van der Waals surface area contributed by atoms with E-state index in [2.05, 4.69) is 10.6 Å². The average Bonchev–Trinajstić information content (AvgIpc) is 2.67. The zero-order chi connectivity index (χ0) is 20.3. The van der Waals surface area contributed by atoms with Crippen molar-refractivity contribution in [2.24, 2.45) is 0 Å². The number of anilines is 1. The first-order valence-electron chi connectivity index (χ1n) is 9.15. The number of hydrogen-bond acceptors (Lipinski definition) is 2. The summed E-state index contributed by atoms with van der Waals surface area (Å²) >= 11 is 0. The van der Waals surface area contributed by atoms with Gasteiger partial charge in [0.15, 0.2) is 0 Å². The number of rotatable bonds is 3. The number of fused-ring (bicyclic) bond motifs is 1. The highest BCUT2D eigenvalue weighted by Crippen LogP contribution is 2.34. The molecule has 2 N–H and O–H groups in total. The van der Waals surface area contributed by atoms with Gasteiger partial charge in [-0.2, -0.15) is 13.2 Å². The van der Waals surface area contributed by atoms with Gasteiger partial charge in [-0.25, -0.2) is 0 Å². The molecular weight excluding hydrogens is 369 g/mol. The SMILES string of the molecule is CC(NC(=O)C(=O)Nc1ccccc1C(F)(F)F)c1ccc2c(c1)CCCC2. The lowest BCUT2D eigenvalue weighted by atomic mass is 9.89. The molecule has 0 heterocycles. The van der Waals surface area contributed by atoms with Gasteiger partial charge in [-0.15, -0.1) is 0 Å². The van der Waals surface area contributed by atoms with E-state index in [1.165, 1.54) is 23.3 Å². The fourth-order valence-corrected chi connectivity index (χ4v) is 3.39. The summed E-state index contributed by atoms with van der Waals surface area (Å²) in [5, 5.41) is 4.60. The van der Waals surface area contributed by atoms with Crippen LogP contribution in [-0.4, -0.2) is 11.8 Å². The Morgan fingerprint density at radius 3 is 2.36 bits per heavy atom. The first kappa shape index (κ1) is 19.9. The van der Waals surface area contributed by atoms with Crippen LogP contribution in [0, 0.1) is 0 Å². The summed E-state index contributed by atoms with van der Waals surface area (Å²) in [5.74, 6) is -2.12. The number of aryl methyl sites for hydroxylation is 2. The van der Waals surface area contributed by atoms with Crippen LogP contribution in [0.4, 0.5) is 18.9 Å². The van der Waals surface area contributed by atoms with Gasteiger partial charge >= 0.3 is 18.0 Å². The van der Waals surface area contributed by atoms with Gasteiger partial charge in [0.2, 0.25) is 0 Å². The molecule has 0 aliphatic heterocycles. The molecule has 2 aromatic rings. The number of benzene rings is 2. The van der Waals surface area contributed by atoms with E-state index in [1.54, 1.807) is 6.92 Å². The smallest absolute Gasteiger partial charge is 0.341 e. The summed E-state index contributed by atoms with van der Waals surface area (Å²) in [6.07, 6.45) is -0.316. The standard InChI is InChI=1S/C21H21F3N2O2/c1-13(15-11-10-14-6-2-3-7-16(14)12-15)25-19(27)20(28)26-18-9-5-4-8-17(18)21(22,23)24/h4-5,8-13H,2-3,6-7H2,1H3,(H,25,27)(H,26,28). The average molecular weight is 390 g/mol. The van der Waals surface area contributed by atoms with E-state index < -0.39 is 35.3 Å². The second-order valence-corrected chi connectivity index (χ2v) is 6.93. The molecule has 1 atom stereocenters. The Hall–Kier alpha value is -2.83. The lowest BCUT2D eigenvalue weighted by Crippen LogP contribution is -2.37. The van der Waals surface area contributed by atoms with E-state index in [0.29, 0.717) is 0 Å².